The average molecular weight is 363 g/mol. The molecule has 10 heteroatoms. The third-order valence-corrected chi connectivity index (χ3v) is 4.95. The van der Waals surface area contributed by atoms with Crippen molar-refractivity contribution >= 4 is 44.2 Å². The summed E-state index contributed by atoms with van der Waals surface area (Å²) >= 11 is 7.14. The van der Waals surface area contributed by atoms with Gasteiger partial charge in [0.05, 0.1) is 29.7 Å². The van der Waals surface area contributed by atoms with Crippen LogP contribution in [0.15, 0.2) is 23.3 Å². The monoisotopic (exact) mass is 362 g/mol. The second-order valence-corrected chi connectivity index (χ2v) is 6.59. The lowest BCUT2D eigenvalue weighted by molar-refractivity contribution is 0.281. The van der Waals surface area contributed by atoms with Crippen molar-refractivity contribution in [3.63, 3.8) is 0 Å². The van der Waals surface area contributed by atoms with Gasteiger partial charge in [0.1, 0.15) is 10.5 Å². The summed E-state index contributed by atoms with van der Waals surface area (Å²) in [7, 11) is 1.78. The van der Waals surface area contributed by atoms with Gasteiger partial charge < -0.3 is 9.67 Å². The molecular formula is C14H11ClN6O2S. The van der Waals surface area contributed by atoms with E-state index in [0.29, 0.717) is 21.9 Å². The van der Waals surface area contributed by atoms with E-state index in [2.05, 4.69) is 20.1 Å². The summed E-state index contributed by atoms with van der Waals surface area (Å²) in [6.07, 6.45) is 3.17. The van der Waals surface area contributed by atoms with Crippen molar-refractivity contribution in [1.29, 1.82) is 0 Å². The Bertz CT molecular complexity index is 1130. The minimum absolute atomic E-state index is 0.125. The van der Waals surface area contributed by atoms with Crippen LogP contribution in [-0.4, -0.2) is 34.4 Å². The molecule has 8 nitrogen and oxygen atoms in total. The minimum Gasteiger partial charge on any atom is -0.389 e. The maximum absolute atomic E-state index is 12.8. The normalized spacial score (nSPS) is 11.6. The number of hydrogen-bond donors (Lipinski definition) is 1. The van der Waals surface area contributed by atoms with Crippen LogP contribution in [0.2, 0.25) is 5.28 Å². The summed E-state index contributed by atoms with van der Waals surface area (Å²) in [5.41, 5.74) is 1.55. The lowest BCUT2D eigenvalue weighted by atomic mass is 10.3. The summed E-state index contributed by atoms with van der Waals surface area (Å²) in [5.74, 6) is 0. The number of fused-ring (bicyclic) bond motifs is 3. The molecule has 122 valence electrons. The molecule has 0 spiro atoms. The van der Waals surface area contributed by atoms with Gasteiger partial charge in [-0.25, -0.2) is 19.6 Å². The van der Waals surface area contributed by atoms with Crippen LogP contribution in [0, 0.1) is 0 Å². The first-order chi connectivity index (χ1) is 11.6. The predicted molar refractivity (Wildman–Crippen MR) is 90.2 cm³/mol. The molecule has 0 aromatic carbocycles. The molecule has 0 fully saturated rings. The minimum atomic E-state index is -0.236. The van der Waals surface area contributed by atoms with Gasteiger partial charge in [-0.3, -0.25) is 4.79 Å². The smallest absolute Gasteiger partial charge is 0.291 e. The lowest BCUT2D eigenvalue weighted by Gasteiger charge is -2.05. The maximum Gasteiger partial charge on any atom is 0.291 e. The zero-order valence-electron chi connectivity index (χ0n) is 12.5. The fourth-order valence-electron chi connectivity index (χ4n) is 2.62. The van der Waals surface area contributed by atoms with Gasteiger partial charge in [0, 0.05) is 18.6 Å². The van der Waals surface area contributed by atoms with E-state index in [4.69, 9.17) is 11.6 Å². The highest BCUT2D eigenvalue weighted by Crippen LogP contribution is 2.30. The Hall–Kier alpha value is -2.36. The van der Waals surface area contributed by atoms with Crippen molar-refractivity contribution in [3.05, 3.63) is 44.8 Å². The molecule has 0 amide bonds. The van der Waals surface area contributed by atoms with E-state index in [1.807, 2.05) is 0 Å². The van der Waals surface area contributed by atoms with Crippen LogP contribution in [0.25, 0.3) is 21.3 Å². The van der Waals surface area contributed by atoms with Gasteiger partial charge in [0.15, 0.2) is 5.65 Å². The van der Waals surface area contributed by atoms with Crippen molar-refractivity contribution in [2.45, 2.75) is 13.2 Å². The Morgan fingerprint density at radius 3 is 2.96 bits per heavy atom. The molecule has 24 heavy (non-hydrogen) atoms. The molecule has 0 aliphatic rings. The molecule has 0 aliphatic carbocycles. The number of rotatable bonds is 3. The third kappa shape index (κ3) is 2.29. The number of nitrogens with zero attached hydrogens (tertiary/aromatic N) is 6. The maximum atomic E-state index is 12.8. The molecule has 0 unspecified atom stereocenters. The van der Waals surface area contributed by atoms with E-state index < -0.39 is 0 Å². The van der Waals surface area contributed by atoms with Crippen molar-refractivity contribution in [3.8, 4) is 0 Å². The van der Waals surface area contributed by atoms with E-state index in [-0.39, 0.29) is 24.0 Å². The summed E-state index contributed by atoms with van der Waals surface area (Å²) < 4.78 is 3.91. The van der Waals surface area contributed by atoms with Gasteiger partial charge in [0.2, 0.25) is 5.28 Å². The van der Waals surface area contributed by atoms with Crippen molar-refractivity contribution < 1.29 is 5.11 Å². The molecule has 0 bridgehead atoms. The Labute approximate surface area is 144 Å². The Morgan fingerprint density at radius 2 is 2.21 bits per heavy atom. The Balaban J connectivity index is 1.89. The molecule has 4 heterocycles. The molecule has 4 rings (SSSR count). The van der Waals surface area contributed by atoms with E-state index >= 15 is 0 Å². The molecule has 4 aromatic heterocycles. The standard InChI is InChI=1S/C14H11ClN6O2S/c1-20-10-8(11-12(20)19-9(6-22)24-11)4-17-21(13(10)23)5-7-2-3-16-14(15)18-7/h2-4,22H,5-6H2,1H3. The van der Waals surface area contributed by atoms with Crippen molar-refractivity contribution in [1.82, 2.24) is 29.3 Å². The predicted octanol–water partition coefficient (Wildman–Crippen LogP) is 1.33. The van der Waals surface area contributed by atoms with Crippen LogP contribution in [0.1, 0.15) is 10.7 Å². The molecule has 0 atom stereocenters. The number of aromatic nitrogens is 6. The van der Waals surface area contributed by atoms with Crippen LogP contribution in [0.3, 0.4) is 0 Å². The Morgan fingerprint density at radius 1 is 1.38 bits per heavy atom. The number of halogens is 1. The highest BCUT2D eigenvalue weighted by atomic mass is 35.5. The molecule has 1 N–H and O–H groups in total. The quantitative estimate of drug-likeness (QED) is 0.552. The highest BCUT2D eigenvalue weighted by molar-refractivity contribution is 7.19. The highest BCUT2D eigenvalue weighted by Gasteiger charge is 2.18. The fraction of sp³-hybridized carbons (Fsp3) is 0.214. The zero-order chi connectivity index (χ0) is 16.8. The number of aliphatic hydroxyl groups excluding tert-OH is 1. The van der Waals surface area contributed by atoms with Crippen LogP contribution in [-0.2, 0) is 20.2 Å². The van der Waals surface area contributed by atoms with Crippen molar-refractivity contribution in [2.75, 3.05) is 0 Å². The molecule has 0 saturated heterocycles. The number of hydrogen-bond acceptors (Lipinski definition) is 7. The second kappa shape index (κ2) is 5.62. The summed E-state index contributed by atoms with van der Waals surface area (Å²) in [4.78, 5) is 25.0. The first kappa shape index (κ1) is 15.2. The molecule has 4 aromatic rings. The Kier molecular flexibility index (Phi) is 3.56. The first-order valence-electron chi connectivity index (χ1n) is 7.00. The molecule has 0 saturated carbocycles. The van der Waals surface area contributed by atoms with Crippen LogP contribution in [0.4, 0.5) is 0 Å². The summed E-state index contributed by atoms with van der Waals surface area (Å²) in [5, 5.41) is 14.9. The van der Waals surface area contributed by atoms with Crippen molar-refractivity contribution in [2.24, 2.45) is 7.05 Å². The van der Waals surface area contributed by atoms with Gasteiger partial charge in [-0.15, -0.1) is 11.3 Å². The van der Waals surface area contributed by atoms with Gasteiger partial charge in [-0.2, -0.15) is 5.10 Å². The molecular weight excluding hydrogens is 352 g/mol. The SMILES string of the molecule is Cn1c2nc(CO)sc2c2cnn(Cc3ccnc(Cl)n3)c(=O)c21. The third-order valence-electron chi connectivity index (χ3n) is 3.70. The second-order valence-electron chi connectivity index (χ2n) is 5.16. The average Bonchev–Trinajstić information content (AvgIpc) is 3.10. The van der Waals surface area contributed by atoms with Gasteiger partial charge in [-0.05, 0) is 17.7 Å². The largest absolute Gasteiger partial charge is 0.389 e. The lowest BCUT2D eigenvalue weighted by Crippen LogP contribution is -2.25. The topological polar surface area (TPSA) is 98.7 Å². The zero-order valence-corrected chi connectivity index (χ0v) is 14.0. The molecule has 0 radical (unpaired) electrons. The first-order valence-corrected chi connectivity index (χ1v) is 8.20. The fourth-order valence-corrected chi connectivity index (χ4v) is 3.75. The number of aliphatic hydroxyl groups is 1. The van der Waals surface area contributed by atoms with E-state index in [1.165, 1.54) is 22.2 Å². The van der Waals surface area contributed by atoms with E-state index in [1.54, 1.807) is 23.9 Å². The van der Waals surface area contributed by atoms with Crippen LogP contribution >= 0.6 is 22.9 Å². The summed E-state index contributed by atoms with van der Waals surface area (Å²) in [6, 6.07) is 1.68. The van der Waals surface area contributed by atoms with Gasteiger partial charge in [-0.1, -0.05) is 0 Å². The van der Waals surface area contributed by atoms with E-state index in [0.717, 1.165) is 10.1 Å². The molecule has 0 aliphatic heterocycles. The number of aryl methyl sites for hydroxylation is 1. The van der Waals surface area contributed by atoms with E-state index in [9.17, 15) is 9.90 Å². The summed E-state index contributed by atoms with van der Waals surface area (Å²) in [6.45, 7) is 0.0744. The van der Waals surface area contributed by atoms with Crippen LogP contribution < -0.4 is 5.56 Å². The van der Waals surface area contributed by atoms with Gasteiger partial charge in [0.25, 0.3) is 5.56 Å². The van der Waals surface area contributed by atoms with Crippen LogP contribution in [0.5, 0.6) is 0 Å². The number of thiazole rings is 1. The van der Waals surface area contributed by atoms with Gasteiger partial charge >= 0.3 is 0 Å².